The summed E-state index contributed by atoms with van der Waals surface area (Å²) in [5.74, 6) is -1.19. The van der Waals surface area contributed by atoms with E-state index in [1.807, 2.05) is 36.7 Å². The lowest BCUT2D eigenvalue weighted by Crippen LogP contribution is -2.41. The number of nitrogens with one attached hydrogen (secondary N) is 1. The predicted octanol–water partition coefficient (Wildman–Crippen LogP) is 2.16. The number of carbonyl (C=O) groups is 2. The van der Waals surface area contributed by atoms with Gasteiger partial charge in [0.25, 0.3) is 5.91 Å². The highest BCUT2D eigenvalue weighted by molar-refractivity contribution is 5.96. The van der Waals surface area contributed by atoms with E-state index in [4.69, 9.17) is 0 Å². The molecule has 122 valence electrons. The number of hydrogen-bond acceptors (Lipinski definition) is 3. The number of rotatable bonds is 7. The smallest absolute Gasteiger partial charge is 0.326 e. The summed E-state index contributed by atoms with van der Waals surface area (Å²) in [5, 5.41) is 11.8. The molecule has 1 amide bonds. The average Bonchev–Trinajstić information content (AvgIpc) is 2.99. The highest BCUT2D eigenvalue weighted by Gasteiger charge is 2.21. The lowest BCUT2D eigenvalue weighted by Gasteiger charge is -2.16. The highest BCUT2D eigenvalue weighted by Crippen LogP contribution is 2.09. The quantitative estimate of drug-likeness (QED) is 0.820. The zero-order valence-electron chi connectivity index (χ0n) is 13.3. The SMILES string of the molecule is CC(C)CC(NC(=O)c1ccc(Cn2ccnc2)cc1)C(=O)O. The summed E-state index contributed by atoms with van der Waals surface area (Å²) in [5.41, 5.74) is 1.49. The van der Waals surface area contributed by atoms with Crippen LogP contribution in [0.4, 0.5) is 0 Å². The molecule has 6 nitrogen and oxygen atoms in total. The molecule has 0 spiro atoms. The van der Waals surface area contributed by atoms with Crippen LogP contribution in [0.1, 0.15) is 36.2 Å². The van der Waals surface area contributed by atoms with Crippen LogP contribution in [0.2, 0.25) is 0 Å². The molecular formula is C17H21N3O3. The van der Waals surface area contributed by atoms with Gasteiger partial charge in [-0.15, -0.1) is 0 Å². The van der Waals surface area contributed by atoms with E-state index >= 15 is 0 Å². The van der Waals surface area contributed by atoms with Crippen LogP contribution < -0.4 is 5.32 Å². The Bertz CT molecular complexity index is 648. The second-order valence-electron chi connectivity index (χ2n) is 5.93. The summed E-state index contributed by atoms with van der Waals surface area (Å²) >= 11 is 0. The monoisotopic (exact) mass is 315 g/mol. The molecule has 2 N–H and O–H groups in total. The molecule has 1 atom stereocenters. The van der Waals surface area contributed by atoms with E-state index in [0.29, 0.717) is 18.5 Å². The minimum absolute atomic E-state index is 0.189. The van der Waals surface area contributed by atoms with Crippen molar-refractivity contribution in [3.05, 3.63) is 54.1 Å². The Morgan fingerprint density at radius 1 is 1.26 bits per heavy atom. The summed E-state index contributed by atoms with van der Waals surface area (Å²) in [6.07, 6.45) is 5.70. The maximum atomic E-state index is 12.2. The van der Waals surface area contributed by atoms with E-state index in [1.54, 1.807) is 24.7 Å². The van der Waals surface area contributed by atoms with Crippen molar-refractivity contribution in [3.63, 3.8) is 0 Å². The molecule has 1 aromatic carbocycles. The molecule has 0 radical (unpaired) electrons. The van der Waals surface area contributed by atoms with Gasteiger partial charge in [0.05, 0.1) is 6.33 Å². The summed E-state index contributed by atoms with van der Waals surface area (Å²) in [4.78, 5) is 27.4. The predicted molar refractivity (Wildman–Crippen MR) is 86.1 cm³/mol. The van der Waals surface area contributed by atoms with E-state index < -0.39 is 12.0 Å². The Kier molecular flexibility index (Phi) is 5.51. The molecule has 0 fully saturated rings. The average molecular weight is 315 g/mol. The van der Waals surface area contributed by atoms with Crippen LogP contribution >= 0.6 is 0 Å². The first kappa shape index (κ1) is 16.7. The molecule has 0 saturated carbocycles. The molecular weight excluding hydrogens is 294 g/mol. The van der Waals surface area contributed by atoms with Gasteiger partial charge in [0, 0.05) is 24.5 Å². The van der Waals surface area contributed by atoms with Gasteiger partial charge in [-0.25, -0.2) is 9.78 Å². The summed E-state index contributed by atoms with van der Waals surface area (Å²) < 4.78 is 1.93. The van der Waals surface area contributed by atoms with Crippen molar-refractivity contribution in [3.8, 4) is 0 Å². The zero-order chi connectivity index (χ0) is 16.8. The van der Waals surface area contributed by atoms with Gasteiger partial charge in [-0.3, -0.25) is 4.79 Å². The van der Waals surface area contributed by atoms with E-state index in [2.05, 4.69) is 10.3 Å². The summed E-state index contributed by atoms with van der Waals surface area (Å²) in [7, 11) is 0. The Hall–Kier alpha value is -2.63. The molecule has 0 bridgehead atoms. The number of benzene rings is 1. The van der Waals surface area contributed by atoms with Crippen LogP contribution in [0.5, 0.6) is 0 Å². The first-order valence-electron chi connectivity index (χ1n) is 7.54. The van der Waals surface area contributed by atoms with Gasteiger partial charge in [0.15, 0.2) is 0 Å². The van der Waals surface area contributed by atoms with Crippen molar-refractivity contribution in [1.29, 1.82) is 0 Å². The maximum Gasteiger partial charge on any atom is 0.326 e. The third kappa shape index (κ3) is 4.95. The van der Waals surface area contributed by atoms with Crippen LogP contribution in [-0.4, -0.2) is 32.6 Å². The third-order valence-electron chi connectivity index (χ3n) is 3.45. The van der Waals surface area contributed by atoms with Gasteiger partial charge in [0.2, 0.25) is 0 Å². The number of imidazole rings is 1. The highest BCUT2D eigenvalue weighted by atomic mass is 16.4. The Morgan fingerprint density at radius 3 is 2.48 bits per heavy atom. The number of aliphatic carboxylic acids is 1. The van der Waals surface area contributed by atoms with Crippen molar-refractivity contribution in [2.45, 2.75) is 32.9 Å². The zero-order valence-corrected chi connectivity index (χ0v) is 13.3. The normalized spacial score (nSPS) is 12.1. The molecule has 0 aliphatic carbocycles. The largest absolute Gasteiger partial charge is 0.480 e. The van der Waals surface area contributed by atoms with Crippen molar-refractivity contribution in [2.24, 2.45) is 5.92 Å². The minimum atomic E-state index is -1.01. The van der Waals surface area contributed by atoms with E-state index in [9.17, 15) is 14.7 Å². The van der Waals surface area contributed by atoms with Gasteiger partial charge < -0.3 is 15.0 Å². The fraction of sp³-hybridized carbons (Fsp3) is 0.353. The number of amides is 1. The Labute approximate surface area is 135 Å². The van der Waals surface area contributed by atoms with E-state index in [1.165, 1.54) is 0 Å². The first-order valence-corrected chi connectivity index (χ1v) is 7.54. The Morgan fingerprint density at radius 2 is 1.96 bits per heavy atom. The number of carboxylic acid groups (broad SMARTS) is 1. The lowest BCUT2D eigenvalue weighted by atomic mass is 10.0. The summed E-state index contributed by atoms with van der Waals surface area (Å²) in [6, 6.07) is 6.25. The van der Waals surface area contributed by atoms with Gasteiger partial charge in [-0.1, -0.05) is 26.0 Å². The van der Waals surface area contributed by atoms with Crippen LogP contribution in [0.15, 0.2) is 43.0 Å². The van der Waals surface area contributed by atoms with Crippen LogP contribution in [0.25, 0.3) is 0 Å². The number of carbonyl (C=O) groups excluding carboxylic acids is 1. The number of nitrogens with zero attached hydrogens (tertiary/aromatic N) is 2. The van der Waals surface area contributed by atoms with Gasteiger partial charge >= 0.3 is 5.97 Å². The van der Waals surface area contributed by atoms with Crippen molar-refractivity contribution >= 4 is 11.9 Å². The van der Waals surface area contributed by atoms with Crippen LogP contribution in [0, 0.1) is 5.92 Å². The van der Waals surface area contributed by atoms with E-state index in [-0.39, 0.29) is 11.8 Å². The molecule has 1 heterocycles. The second-order valence-corrected chi connectivity index (χ2v) is 5.93. The number of carboxylic acids is 1. The standard InChI is InChI=1S/C17H21N3O3/c1-12(2)9-15(17(22)23)19-16(21)14-5-3-13(4-6-14)10-20-8-7-18-11-20/h3-8,11-12,15H,9-10H2,1-2H3,(H,19,21)(H,22,23). The first-order chi connectivity index (χ1) is 11.0. The van der Waals surface area contributed by atoms with Gasteiger partial charge in [-0.05, 0) is 30.0 Å². The summed E-state index contributed by atoms with van der Waals surface area (Å²) in [6.45, 7) is 4.52. The molecule has 23 heavy (non-hydrogen) atoms. The fourth-order valence-corrected chi connectivity index (χ4v) is 2.29. The third-order valence-corrected chi connectivity index (χ3v) is 3.45. The van der Waals surface area contributed by atoms with Crippen LogP contribution in [0.3, 0.4) is 0 Å². The van der Waals surface area contributed by atoms with Gasteiger partial charge in [-0.2, -0.15) is 0 Å². The fourth-order valence-electron chi connectivity index (χ4n) is 2.29. The molecule has 0 saturated heterocycles. The molecule has 1 unspecified atom stereocenters. The molecule has 1 aromatic heterocycles. The lowest BCUT2D eigenvalue weighted by molar-refractivity contribution is -0.139. The van der Waals surface area contributed by atoms with E-state index in [0.717, 1.165) is 5.56 Å². The van der Waals surface area contributed by atoms with Gasteiger partial charge in [0.1, 0.15) is 6.04 Å². The minimum Gasteiger partial charge on any atom is -0.480 e. The molecule has 0 aliphatic rings. The Balaban J connectivity index is 2.00. The molecule has 2 aromatic rings. The molecule has 6 heteroatoms. The molecule has 2 rings (SSSR count). The maximum absolute atomic E-state index is 12.2. The van der Waals surface area contributed by atoms with Crippen molar-refractivity contribution < 1.29 is 14.7 Å². The van der Waals surface area contributed by atoms with Crippen LogP contribution in [-0.2, 0) is 11.3 Å². The van der Waals surface area contributed by atoms with Crippen molar-refractivity contribution in [2.75, 3.05) is 0 Å². The second kappa shape index (κ2) is 7.58. The number of hydrogen-bond donors (Lipinski definition) is 2. The topological polar surface area (TPSA) is 84.2 Å². The molecule has 0 aliphatic heterocycles. The number of aromatic nitrogens is 2. The van der Waals surface area contributed by atoms with Crippen molar-refractivity contribution in [1.82, 2.24) is 14.9 Å².